The monoisotopic (exact) mass is 379 g/mol. The molecule has 5 nitrogen and oxygen atoms in total. The van der Waals surface area contributed by atoms with E-state index in [4.69, 9.17) is 0 Å². The molecular formula is C21H21N3O2S. The van der Waals surface area contributed by atoms with Crippen molar-refractivity contribution in [1.82, 2.24) is 5.43 Å². The van der Waals surface area contributed by atoms with E-state index in [0.717, 1.165) is 39.4 Å². The van der Waals surface area contributed by atoms with Gasteiger partial charge in [0.1, 0.15) is 0 Å². The molecule has 0 atom stereocenters. The molecule has 0 fully saturated rings. The highest BCUT2D eigenvalue weighted by atomic mass is 32.2. The summed E-state index contributed by atoms with van der Waals surface area (Å²) >= 11 is 0. The third-order valence-electron chi connectivity index (χ3n) is 4.92. The van der Waals surface area contributed by atoms with Gasteiger partial charge in [0.15, 0.2) is 9.84 Å². The minimum Gasteiger partial charge on any atom is -0.355 e. The van der Waals surface area contributed by atoms with Crippen LogP contribution in [0.1, 0.15) is 25.0 Å². The summed E-state index contributed by atoms with van der Waals surface area (Å²) in [5.74, 6) is 0.0876. The Morgan fingerprint density at radius 1 is 1.11 bits per heavy atom. The first-order valence-electron chi connectivity index (χ1n) is 8.91. The molecule has 0 aromatic heterocycles. The predicted molar refractivity (Wildman–Crippen MR) is 109 cm³/mol. The number of allylic oxidation sites excluding steroid dienone is 1. The van der Waals surface area contributed by atoms with Crippen LogP contribution in [-0.4, -0.2) is 26.4 Å². The molecule has 2 heterocycles. The summed E-state index contributed by atoms with van der Waals surface area (Å²) in [4.78, 5) is 0.355. The van der Waals surface area contributed by atoms with Crippen molar-refractivity contribution in [2.24, 2.45) is 5.10 Å². The van der Waals surface area contributed by atoms with Crippen molar-refractivity contribution in [3.8, 4) is 0 Å². The Hall–Kier alpha value is -2.86. The first kappa shape index (κ1) is 17.5. The number of hydrogen-bond acceptors (Lipinski definition) is 5. The Bertz CT molecular complexity index is 1110. The van der Waals surface area contributed by atoms with Crippen molar-refractivity contribution in [3.63, 3.8) is 0 Å². The van der Waals surface area contributed by atoms with E-state index < -0.39 is 9.84 Å². The Labute approximate surface area is 159 Å². The molecule has 0 radical (unpaired) electrons. The van der Waals surface area contributed by atoms with Crippen LogP contribution in [0, 0.1) is 0 Å². The van der Waals surface area contributed by atoms with Gasteiger partial charge in [0, 0.05) is 22.5 Å². The predicted octanol–water partition coefficient (Wildman–Crippen LogP) is 3.57. The minimum atomic E-state index is -3.26. The SMILES string of the molecule is CCS(=O)(=O)c1cccc(C2=C/C(=C3\CNN=C3C)Nc3ccccc32)c1. The molecule has 2 aromatic rings. The molecule has 6 heteroatoms. The van der Waals surface area contributed by atoms with Crippen LogP contribution in [0.2, 0.25) is 0 Å². The Morgan fingerprint density at radius 2 is 1.93 bits per heavy atom. The van der Waals surface area contributed by atoms with Gasteiger partial charge in [0.2, 0.25) is 0 Å². The first-order valence-corrected chi connectivity index (χ1v) is 10.6. The maximum atomic E-state index is 12.3. The van der Waals surface area contributed by atoms with Gasteiger partial charge in [-0.05, 0) is 42.3 Å². The number of anilines is 1. The molecular weight excluding hydrogens is 358 g/mol. The van der Waals surface area contributed by atoms with Crippen LogP contribution in [0.5, 0.6) is 0 Å². The fraction of sp³-hybridized carbons (Fsp3) is 0.190. The molecule has 138 valence electrons. The van der Waals surface area contributed by atoms with E-state index in [2.05, 4.69) is 21.9 Å². The maximum Gasteiger partial charge on any atom is 0.178 e. The van der Waals surface area contributed by atoms with Crippen LogP contribution < -0.4 is 10.7 Å². The number of hydrogen-bond donors (Lipinski definition) is 2. The summed E-state index contributed by atoms with van der Waals surface area (Å²) in [5, 5.41) is 7.75. The largest absolute Gasteiger partial charge is 0.355 e. The number of rotatable bonds is 3. The van der Waals surface area contributed by atoms with Crippen LogP contribution in [0.3, 0.4) is 0 Å². The van der Waals surface area contributed by atoms with Crippen LogP contribution in [0.4, 0.5) is 5.69 Å². The topological polar surface area (TPSA) is 70.6 Å². The fourth-order valence-corrected chi connectivity index (χ4v) is 4.30. The summed E-state index contributed by atoms with van der Waals surface area (Å²) < 4.78 is 24.7. The standard InChI is InChI=1S/C21H21N3O2S/c1-3-27(25,26)16-8-6-7-15(11-16)18-12-21(19-13-22-24-14(19)2)23-20-10-5-4-9-17(18)20/h4-12,22-23H,3,13H2,1-2H3/b21-19-. The third-order valence-corrected chi connectivity index (χ3v) is 6.66. The lowest BCUT2D eigenvalue weighted by Crippen LogP contribution is -2.14. The van der Waals surface area contributed by atoms with Crippen molar-refractivity contribution >= 4 is 26.8 Å². The number of benzene rings is 2. The van der Waals surface area contributed by atoms with Crippen LogP contribution in [0.15, 0.2) is 75.9 Å². The van der Waals surface area contributed by atoms with Gasteiger partial charge in [0.25, 0.3) is 0 Å². The van der Waals surface area contributed by atoms with Crippen LogP contribution >= 0.6 is 0 Å². The second-order valence-corrected chi connectivity index (χ2v) is 8.86. The second kappa shape index (κ2) is 6.70. The van der Waals surface area contributed by atoms with Gasteiger partial charge in [-0.1, -0.05) is 37.3 Å². The molecule has 0 unspecified atom stereocenters. The van der Waals surface area contributed by atoms with E-state index in [9.17, 15) is 8.42 Å². The summed E-state index contributed by atoms with van der Waals surface area (Å²) in [5.41, 5.74) is 10.0. The lowest BCUT2D eigenvalue weighted by molar-refractivity contribution is 0.597. The molecule has 27 heavy (non-hydrogen) atoms. The Kier molecular flexibility index (Phi) is 4.36. The van der Waals surface area contributed by atoms with E-state index >= 15 is 0 Å². The van der Waals surface area contributed by atoms with Gasteiger partial charge in [-0.25, -0.2) is 8.42 Å². The van der Waals surface area contributed by atoms with Gasteiger partial charge >= 0.3 is 0 Å². The first-order chi connectivity index (χ1) is 13.0. The van der Waals surface area contributed by atoms with Crippen molar-refractivity contribution in [2.45, 2.75) is 18.7 Å². The highest BCUT2D eigenvalue weighted by Gasteiger charge is 2.22. The van der Waals surface area contributed by atoms with E-state index in [1.165, 1.54) is 0 Å². The van der Waals surface area contributed by atoms with E-state index in [-0.39, 0.29) is 5.75 Å². The van der Waals surface area contributed by atoms with Gasteiger partial charge < -0.3 is 10.7 Å². The number of fused-ring (bicyclic) bond motifs is 1. The molecule has 0 spiro atoms. The van der Waals surface area contributed by atoms with Gasteiger partial charge in [-0.15, -0.1) is 0 Å². The zero-order chi connectivity index (χ0) is 19.0. The smallest absolute Gasteiger partial charge is 0.178 e. The lowest BCUT2D eigenvalue weighted by atomic mass is 9.91. The average Bonchev–Trinajstić information content (AvgIpc) is 3.13. The summed E-state index contributed by atoms with van der Waals surface area (Å²) in [6, 6.07) is 15.2. The van der Waals surface area contributed by atoms with Crippen molar-refractivity contribution in [3.05, 3.63) is 77.0 Å². The molecule has 2 aliphatic rings. The molecule has 4 rings (SSSR count). The summed E-state index contributed by atoms with van der Waals surface area (Å²) in [7, 11) is -3.26. The van der Waals surface area contributed by atoms with E-state index in [0.29, 0.717) is 11.4 Å². The van der Waals surface area contributed by atoms with Crippen molar-refractivity contribution in [2.75, 3.05) is 17.6 Å². The average molecular weight is 379 g/mol. The molecule has 0 saturated heterocycles. The molecule has 0 aliphatic carbocycles. The highest BCUT2D eigenvalue weighted by molar-refractivity contribution is 7.91. The van der Waals surface area contributed by atoms with Gasteiger partial charge in [-0.2, -0.15) is 5.10 Å². The van der Waals surface area contributed by atoms with Gasteiger partial charge in [-0.3, -0.25) is 0 Å². The quantitative estimate of drug-likeness (QED) is 0.855. The zero-order valence-electron chi connectivity index (χ0n) is 15.3. The molecule has 2 N–H and O–H groups in total. The Balaban J connectivity index is 1.91. The third kappa shape index (κ3) is 3.17. The fourth-order valence-electron chi connectivity index (χ4n) is 3.38. The molecule has 0 amide bonds. The normalized spacial score (nSPS) is 18.9. The Morgan fingerprint density at radius 3 is 2.67 bits per heavy atom. The second-order valence-electron chi connectivity index (χ2n) is 6.58. The zero-order valence-corrected chi connectivity index (χ0v) is 16.1. The van der Waals surface area contributed by atoms with Crippen LogP contribution in [0.25, 0.3) is 5.57 Å². The summed E-state index contributed by atoms with van der Waals surface area (Å²) in [6.45, 7) is 4.32. The van der Waals surface area contributed by atoms with E-state index in [1.54, 1.807) is 25.1 Å². The van der Waals surface area contributed by atoms with Crippen molar-refractivity contribution in [1.29, 1.82) is 0 Å². The summed E-state index contributed by atoms with van der Waals surface area (Å²) in [6.07, 6.45) is 2.08. The number of nitrogens with one attached hydrogen (secondary N) is 2. The number of hydrazone groups is 1. The van der Waals surface area contributed by atoms with Crippen LogP contribution in [-0.2, 0) is 9.84 Å². The maximum absolute atomic E-state index is 12.3. The number of sulfone groups is 1. The van der Waals surface area contributed by atoms with E-state index in [1.807, 2.05) is 37.3 Å². The van der Waals surface area contributed by atoms with Crippen molar-refractivity contribution < 1.29 is 8.42 Å². The highest BCUT2D eigenvalue weighted by Crippen LogP contribution is 2.37. The minimum absolute atomic E-state index is 0.0876. The van der Waals surface area contributed by atoms with Gasteiger partial charge in [0.05, 0.1) is 22.9 Å². The molecule has 0 bridgehead atoms. The lowest BCUT2D eigenvalue weighted by Gasteiger charge is -2.23. The number of nitrogens with zero attached hydrogens (tertiary/aromatic N) is 1. The molecule has 2 aliphatic heterocycles. The molecule has 2 aromatic carbocycles. The number of para-hydroxylation sites is 1. The molecule has 0 saturated carbocycles.